The summed E-state index contributed by atoms with van der Waals surface area (Å²) >= 11 is 0. The van der Waals surface area contributed by atoms with E-state index in [0.29, 0.717) is 18.5 Å². The van der Waals surface area contributed by atoms with Gasteiger partial charge in [-0.25, -0.2) is 0 Å². The number of rotatable bonds is 3. The van der Waals surface area contributed by atoms with Crippen molar-refractivity contribution in [3.8, 4) is 0 Å². The van der Waals surface area contributed by atoms with Gasteiger partial charge < -0.3 is 4.90 Å². The third kappa shape index (κ3) is 2.86. The van der Waals surface area contributed by atoms with E-state index < -0.39 is 0 Å². The molecule has 1 amide bonds. The molecule has 2 fully saturated rings. The average Bonchev–Trinajstić information content (AvgIpc) is 3.26. The molecule has 23 heavy (non-hydrogen) atoms. The first-order chi connectivity index (χ1) is 11.3. The van der Waals surface area contributed by atoms with Crippen molar-refractivity contribution in [2.24, 2.45) is 0 Å². The summed E-state index contributed by atoms with van der Waals surface area (Å²) in [6, 6.07) is 15.5. The number of hydrogen-bond donors (Lipinski definition) is 0. The van der Waals surface area contributed by atoms with Crippen molar-refractivity contribution in [1.29, 1.82) is 0 Å². The molecule has 0 N–H and O–H groups in total. The lowest BCUT2D eigenvalue weighted by molar-refractivity contribution is -0.131. The SMILES string of the molecule is O=C(CN1CCC[C@H]1c1cccc2ccccc12)N1CCCC1. The molecule has 0 aromatic heterocycles. The Morgan fingerprint density at radius 2 is 1.74 bits per heavy atom. The van der Waals surface area contributed by atoms with Crippen LogP contribution in [-0.4, -0.2) is 41.9 Å². The van der Waals surface area contributed by atoms with Crippen LogP contribution in [0.15, 0.2) is 42.5 Å². The molecule has 1 atom stereocenters. The van der Waals surface area contributed by atoms with Crippen LogP contribution in [0.2, 0.25) is 0 Å². The van der Waals surface area contributed by atoms with Crippen LogP contribution in [0.25, 0.3) is 10.8 Å². The lowest BCUT2D eigenvalue weighted by Gasteiger charge is -2.27. The quantitative estimate of drug-likeness (QED) is 0.865. The fourth-order valence-corrected chi connectivity index (χ4v) is 4.15. The molecule has 0 radical (unpaired) electrons. The fourth-order valence-electron chi connectivity index (χ4n) is 4.15. The Balaban J connectivity index is 1.58. The van der Waals surface area contributed by atoms with Crippen molar-refractivity contribution in [3.63, 3.8) is 0 Å². The van der Waals surface area contributed by atoms with Gasteiger partial charge in [-0.15, -0.1) is 0 Å². The van der Waals surface area contributed by atoms with Crippen LogP contribution in [0.1, 0.15) is 37.3 Å². The van der Waals surface area contributed by atoms with Gasteiger partial charge in [0, 0.05) is 19.1 Å². The second-order valence-electron chi connectivity index (χ2n) is 6.78. The van der Waals surface area contributed by atoms with E-state index in [1.54, 1.807) is 0 Å². The van der Waals surface area contributed by atoms with Gasteiger partial charge in [-0.1, -0.05) is 42.5 Å². The summed E-state index contributed by atoms with van der Waals surface area (Å²) in [5, 5.41) is 2.63. The number of nitrogens with zero attached hydrogens (tertiary/aromatic N) is 2. The topological polar surface area (TPSA) is 23.6 Å². The van der Waals surface area contributed by atoms with E-state index in [-0.39, 0.29) is 0 Å². The number of hydrogen-bond acceptors (Lipinski definition) is 2. The summed E-state index contributed by atoms with van der Waals surface area (Å²) in [5.41, 5.74) is 1.38. The molecule has 2 heterocycles. The fraction of sp³-hybridized carbons (Fsp3) is 0.450. The standard InChI is InChI=1S/C20H24N2O/c23-20(21-12-3-4-13-21)15-22-14-6-11-19(22)18-10-5-8-16-7-1-2-9-17(16)18/h1-2,5,7-10,19H,3-4,6,11-15H2/t19-/m0/s1. The molecule has 0 aliphatic carbocycles. The Morgan fingerprint density at radius 3 is 2.61 bits per heavy atom. The van der Waals surface area contributed by atoms with Gasteiger partial charge in [0.1, 0.15) is 0 Å². The monoisotopic (exact) mass is 308 g/mol. The Labute approximate surface area is 137 Å². The molecule has 3 heteroatoms. The summed E-state index contributed by atoms with van der Waals surface area (Å²) in [7, 11) is 0. The molecule has 2 aliphatic heterocycles. The van der Waals surface area contributed by atoms with Gasteiger partial charge >= 0.3 is 0 Å². The van der Waals surface area contributed by atoms with Gasteiger partial charge in [-0.3, -0.25) is 9.69 Å². The van der Waals surface area contributed by atoms with Gasteiger partial charge in [0.25, 0.3) is 0 Å². The van der Waals surface area contributed by atoms with Crippen molar-refractivity contribution >= 4 is 16.7 Å². The molecule has 2 aliphatic rings. The maximum Gasteiger partial charge on any atom is 0.236 e. The molecule has 4 rings (SSSR count). The summed E-state index contributed by atoms with van der Waals surface area (Å²) in [6.45, 7) is 3.51. The lowest BCUT2D eigenvalue weighted by atomic mass is 9.97. The molecule has 0 bridgehead atoms. The maximum absolute atomic E-state index is 12.5. The third-order valence-electron chi connectivity index (χ3n) is 5.34. The van der Waals surface area contributed by atoms with E-state index in [1.165, 1.54) is 35.6 Å². The predicted molar refractivity (Wildman–Crippen MR) is 93.3 cm³/mol. The number of benzene rings is 2. The van der Waals surface area contributed by atoms with Crippen LogP contribution < -0.4 is 0 Å². The smallest absolute Gasteiger partial charge is 0.236 e. The van der Waals surface area contributed by atoms with E-state index in [0.717, 1.165) is 26.1 Å². The van der Waals surface area contributed by atoms with Crippen LogP contribution in [0.5, 0.6) is 0 Å². The van der Waals surface area contributed by atoms with Gasteiger partial charge in [-0.2, -0.15) is 0 Å². The van der Waals surface area contributed by atoms with Gasteiger partial charge in [0.2, 0.25) is 5.91 Å². The number of fused-ring (bicyclic) bond motifs is 1. The number of likely N-dealkylation sites (tertiary alicyclic amines) is 2. The second-order valence-corrected chi connectivity index (χ2v) is 6.78. The van der Waals surface area contributed by atoms with Crippen molar-refractivity contribution < 1.29 is 4.79 Å². The average molecular weight is 308 g/mol. The van der Waals surface area contributed by atoms with Crippen molar-refractivity contribution in [3.05, 3.63) is 48.0 Å². The predicted octanol–water partition coefficient (Wildman–Crippen LogP) is 3.60. The zero-order chi connectivity index (χ0) is 15.6. The molecule has 2 saturated heterocycles. The largest absolute Gasteiger partial charge is 0.342 e. The minimum Gasteiger partial charge on any atom is -0.342 e. The first-order valence-corrected chi connectivity index (χ1v) is 8.82. The minimum absolute atomic E-state index is 0.314. The summed E-state index contributed by atoms with van der Waals surface area (Å²) < 4.78 is 0. The Hall–Kier alpha value is -1.87. The van der Waals surface area contributed by atoms with Crippen LogP contribution in [-0.2, 0) is 4.79 Å². The lowest BCUT2D eigenvalue weighted by Crippen LogP contribution is -2.38. The Bertz CT molecular complexity index is 700. The summed E-state index contributed by atoms with van der Waals surface area (Å²) in [4.78, 5) is 17.0. The summed E-state index contributed by atoms with van der Waals surface area (Å²) in [5.74, 6) is 0.314. The van der Waals surface area contributed by atoms with Crippen molar-refractivity contribution in [2.45, 2.75) is 31.7 Å². The van der Waals surface area contributed by atoms with E-state index in [9.17, 15) is 4.79 Å². The highest BCUT2D eigenvalue weighted by Gasteiger charge is 2.30. The van der Waals surface area contributed by atoms with E-state index in [4.69, 9.17) is 0 Å². The highest BCUT2D eigenvalue weighted by atomic mass is 16.2. The van der Waals surface area contributed by atoms with Gasteiger partial charge in [0.15, 0.2) is 0 Å². The third-order valence-corrected chi connectivity index (χ3v) is 5.34. The highest BCUT2D eigenvalue weighted by molar-refractivity contribution is 5.86. The molecular weight excluding hydrogens is 284 g/mol. The first kappa shape index (κ1) is 14.7. The van der Waals surface area contributed by atoms with Crippen LogP contribution in [0.3, 0.4) is 0 Å². The van der Waals surface area contributed by atoms with Gasteiger partial charge in [-0.05, 0) is 48.6 Å². The maximum atomic E-state index is 12.5. The Morgan fingerprint density at radius 1 is 0.957 bits per heavy atom. The molecule has 0 unspecified atom stereocenters. The minimum atomic E-state index is 0.314. The van der Waals surface area contributed by atoms with Crippen LogP contribution in [0.4, 0.5) is 0 Å². The number of carbonyl (C=O) groups excluding carboxylic acids is 1. The molecule has 3 nitrogen and oxygen atoms in total. The second kappa shape index (κ2) is 6.32. The van der Waals surface area contributed by atoms with Crippen LogP contribution >= 0.6 is 0 Å². The molecule has 2 aromatic rings. The molecule has 120 valence electrons. The molecule has 0 spiro atoms. The van der Waals surface area contributed by atoms with Gasteiger partial charge in [0.05, 0.1) is 6.54 Å². The number of amides is 1. The number of carbonyl (C=O) groups is 1. The molecular formula is C20H24N2O. The van der Waals surface area contributed by atoms with Crippen molar-refractivity contribution in [1.82, 2.24) is 9.80 Å². The van der Waals surface area contributed by atoms with E-state index >= 15 is 0 Å². The van der Waals surface area contributed by atoms with E-state index in [2.05, 4.69) is 47.4 Å². The Kier molecular flexibility index (Phi) is 4.04. The zero-order valence-corrected chi connectivity index (χ0v) is 13.6. The zero-order valence-electron chi connectivity index (χ0n) is 13.6. The van der Waals surface area contributed by atoms with E-state index in [1.807, 2.05) is 4.90 Å². The first-order valence-electron chi connectivity index (χ1n) is 8.82. The summed E-state index contributed by atoms with van der Waals surface area (Å²) in [6.07, 6.45) is 4.67. The normalized spacial score (nSPS) is 22.1. The van der Waals surface area contributed by atoms with Crippen LogP contribution in [0, 0.1) is 0 Å². The van der Waals surface area contributed by atoms with Crippen molar-refractivity contribution in [2.75, 3.05) is 26.2 Å². The molecule has 0 saturated carbocycles. The molecule has 2 aromatic carbocycles. The highest BCUT2D eigenvalue weighted by Crippen LogP contribution is 2.35.